The summed E-state index contributed by atoms with van der Waals surface area (Å²) in [6, 6.07) is 18.9. The van der Waals surface area contributed by atoms with Gasteiger partial charge in [0.05, 0.1) is 14.2 Å². The molecule has 4 aromatic rings. The Bertz CT molecular complexity index is 1450. The predicted molar refractivity (Wildman–Crippen MR) is 173 cm³/mol. The molecule has 0 unspecified atom stereocenters. The summed E-state index contributed by atoms with van der Waals surface area (Å²) >= 11 is 0. The van der Waals surface area contributed by atoms with Crippen molar-refractivity contribution in [2.24, 2.45) is 0 Å². The number of hydrogen-bond donors (Lipinski definition) is 3. The van der Waals surface area contributed by atoms with Crippen LogP contribution in [0.25, 0.3) is 33.4 Å². The van der Waals surface area contributed by atoms with Gasteiger partial charge in [0, 0.05) is 30.9 Å². The standard InChI is InChI=1S/C37H43F2NO4/c1-24-28(26-19-34(38)32(36(21-26)43-3)11-6-5-7-17-41)12-8-14-30(24)31-15-9-13-29(25(31)2)27-20-35(39)33(37(22-27)44-4)23-40-16-10-18-42/h8-9,12-15,19-22,40-42H,5-7,10-11,16-18,23H2,1-4H3. The van der Waals surface area contributed by atoms with Gasteiger partial charge in [-0.25, -0.2) is 8.78 Å². The number of rotatable bonds is 15. The van der Waals surface area contributed by atoms with Crippen LogP contribution in [0.3, 0.4) is 0 Å². The SMILES string of the molecule is COc1cc(-c2cccc(-c3cccc(-c4cc(F)c(CNCCCO)c(OC)c4)c3C)c2C)cc(F)c1CCCCCO. The lowest BCUT2D eigenvalue weighted by molar-refractivity contribution is 0.283. The van der Waals surface area contributed by atoms with Gasteiger partial charge in [-0.1, -0.05) is 42.8 Å². The van der Waals surface area contributed by atoms with Gasteiger partial charge in [0.2, 0.25) is 0 Å². The van der Waals surface area contributed by atoms with Crippen LogP contribution in [-0.2, 0) is 13.0 Å². The third-order valence-electron chi connectivity index (χ3n) is 8.23. The minimum absolute atomic E-state index is 0.0770. The van der Waals surface area contributed by atoms with Crippen molar-refractivity contribution >= 4 is 0 Å². The van der Waals surface area contributed by atoms with Gasteiger partial charge in [-0.15, -0.1) is 0 Å². The first kappa shape index (κ1) is 33.1. The zero-order chi connectivity index (χ0) is 31.6. The molecule has 5 nitrogen and oxygen atoms in total. The summed E-state index contributed by atoms with van der Waals surface area (Å²) in [4.78, 5) is 0. The first-order valence-corrected chi connectivity index (χ1v) is 15.2. The van der Waals surface area contributed by atoms with Crippen molar-refractivity contribution in [3.8, 4) is 44.9 Å². The summed E-state index contributed by atoms with van der Waals surface area (Å²) in [6.45, 7) is 5.16. The Kier molecular flexibility index (Phi) is 11.9. The summed E-state index contributed by atoms with van der Waals surface area (Å²) in [5.74, 6) is 0.336. The first-order chi connectivity index (χ1) is 21.3. The summed E-state index contributed by atoms with van der Waals surface area (Å²) in [7, 11) is 3.10. The normalized spacial score (nSPS) is 11.2. The second-order valence-corrected chi connectivity index (χ2v) is 11.0. The average molecular weight is 604 g/mol. The number of ether oxygens (including phenoxy) is 2. The van der Waals surface area contributed by atoms with Crippen molar-refractivity contribution in [1.82, 2.24) is 5.32 Å². The average Bonchev–Trinajstić information content (AvgIpc) is 3.02. The Balaban J connectivity index is 1.70. The molecular formula is C37H43F2NO4. The molecule has 0 aromatic heterocycles. The molecule has 0 saturated carbocycles. The Labute approximate surface area is 259 Å². The van der Waals surface area contributed by atoms with E-state index in [9.17, 15) is 0 Å². The van der Waals surface area contributed by atoms with Crippen molar-refractivity contribution in [2.45, 2.75) is 52.5 Å². The topological polar surface area (TPSA) is 71.0 Å². The van der Waals surface area contributed by atoms with E-state index in [4.69, 9.17) is 19.7 Å². The number of aliphatic hydroxyl groups is 2. The van der Waals surface area contributed by atoms with Crippen LogP contribution in [0.4, 0.5) is 8.78 Å². The molecule has 4 aromatic carbocycles. The molecule has 0 aliphatic heterocycles. The quantitative estimate of drug-likeness (QED) is 0.121. The van der Waals surface area contributed by atoms with E-state index in [1.54, 1.807) is 19.2 Å². The molecule has 0 amide bonds. The zero-order valence-electron chi connectivity index (χ0n) is 26.1. The van der Waals surface area contributed by atoms with Crippen molar-refractivity contribution in [2.75, 3.05) is 34.0 Å². The smallest absolute Gasteiger partial charge is 0.132 e. The fourth-order valence-electron chi connectivity index (χ4n) is 5.80. The number of benzene rings is 4. The summed E-state index contributed by atoms with van der Waals surface area (Å²) in [6.07, 6.45) is 3.44. The van der Waals surface area contributed by atoms with Crippen molar-refractivity contribution < 1.29 is 28.5 Å². The number of aliphatic hydroxyl groups excluding tert-OH is 2. The number of methoxy groups -OCH3 is 2. The Morgan fingerprint density at radius 3 is 1.66 bits per heavy atom. The molecule has 234 valence electrons. The molecule has 44 heavy (non-hydrogen) atoms. The molecule has 7 heteroatoms. The Morgan fingerprint density at radius 2 is 1.14 bits per heavy atom. The van der Waals surface area contributed by atoms with Crippen molar-refractivity contribution in [1.29, 1.82) is 0 Å². The van der Waals surface area contributed by atoms with Crippen LogP contribution in [0.1, 0.15) is 47.9 Å². The molecule has 0 saturated heterocycles. The van der Waals surface area contributed by atoms with E-state index in [-0.39, 0.29) is 24.8 Å². The maximum Gasteiger partial charge on any atom is 0.132 e. The minimum atomic E-state index is -0.355. The second-order valence-electron chi connectivity index (χ2n) is 11.0. The summed E-state index contributed by atoms with van der Waals surface area (Å²) in [5, 5.41) is 21.2. The van der Waals surface area contributed by atoms with Gasteiger partial charge < -0.3 is 25.0 Å². The van der Waals surface area contributed by atoms with Crippen molar-refractivity contribution in [3.05, 3.63) is 94.6 Å². The van der Waals surface area contributed by atoms with E-state index in [1.165, 1.54) is 7.11 Å². The van der Waals surface area contributed by atoms with E-state index >= 15 is 8.78 Å². The van der Waals surface area contributed by atoms with E-state index in [0.29, 0.717) is 60.5 Å². The number of nitrogens with one attached hydrogen (secondary N) is 1. The molecule has 0 radical (unpaired) electrons. The highest BCUT2D eigenvalue weighted by Gasteiger charge is 2.18. The third-order valence-corrected chi connectivity index (χ3v) is 8.23. The van der Waals surface area contributed by atoms with Crippen LogP contribution in [0, 0.1) is 25.5 Å². The molecule has 0 heterocycles. The Hall–Kier alpha value is -3.78. The highest BCUT2D eigenvalue weighted by atomic mass is 19.1. The zero-order valence-corrected chi connectivity index (χ0v) is 26.1. The molecule has 0 aliphatic rings. The molecule has 0 fully saturated rings. The molecule has 0 aliphatic carbocycles. The van der Waals surface area contributed by atoms with Crippen LogP contribution < -0.4 is 14.8 Å². The van der Waals surface area contributed by atoms with Gasteiger partial charge in [0.25, 0.3) is 0 Å². The molecule has 0 atom stereocenters. The molecular weight excluding hydrogens is 560 g/mol. The highest BCUT2D eigenvalue weighted by Crippen LogP contribution is 2.40. The second kappa shape index (κ2) is 15.8. The lowest BCUT2D eigenvalue weighted by Gasteiger charge is -2.18. The van der Waals surface area contributed by atoms with Gasteiger partial charge >= 0.3 is 0 Å². The first-order valence-electron chi connectivity index (χ1n) is 15.2. The monoisotopic (exact) mass is 603 g/mol. The van der Waals surface area contributed by atoms with Crippen LogP contribution in [0.15, 0.2) is 60.7 Å². The predicted octanol–water partition coefficient (Wildman–Crippen LogP) is 7.78. The number of halogens is 2. The van der Waals surface area contributed by atoms with E-state index in [2.05, 4.69) is 17.4 Å². The van der Waals surface area contributed by atoms with Crippen LogP contribution >= 0.6 is 0 Å². The van der Waals surface area contributed by atoms with Gasteiger partial charge in [0.1, 0.15) is 23.1 Å². The van der Waals surface area contributed by atoms with Crippen LogP contribution in [0.2, 0.25) is 0 Å². The Morgan fingerprint density at radius 1 is 0.636 bits per heavy atom. The van der Waals surface area contributed by atoms with Crippen molar-refractivity contribution in [3.63, 3.8) is 0 Å². The highest BCUT2D eigenvalue weighted by molar-refractivity contribution is 5.84. The van der Waals surface area contributed by atoms with E-state index in [1.807, 2.05) is 50.2 Å². The van der Waals surface area contributed by atoms with E-state index < -0.39 is 0 Å². The minimum Gasteiger partial charge on any atom is -0.496 e. The lowest BCUT2D eigenvalue weighted by atomic mass is 9.87. The number of unbranched alkanes of at least 4 members (excludes halogenated alkanes) is 2. The van der Waals surface area contributed by atoms with Gasteiger partial charge in [-0.05, 0) is 115 Å². The maximum absolute atomic E-state index is 15.4. The summed E-state index contributed by atoms with van der Waals surface area (Å²) in [5.41, 5.74) is 8.25. The van der Waals surface area contributed by atoms with Crippen LogP contribution in [0.5, 0.6) is 11.5 Å². The van der Waals surface area contributed by atoms with Gasteiger partial charge in [-0.2, -0.15) is 0 Å². The fourth-order valence-corrected chi connectivity index (χ4v) is 5.80. The fraction of sp³-hybridized carbons (Fsp3) is 0.351. The maximum atomic E-state index is 15.4. The van der Waals surface area contributed by atoms with Gasteiger partial charge in [0.15, 0.2) is 0 Å². The largest absolute Gasteiger partial charge is 0.496 e. The molecule has 0 bridgehead atoms. The third kappa shape index (κ3) is 7.46. The summed E-state index contributed by atoms with van der Waals surface area (Å²) < 4.78 is 41.9. The molecule has 4 rings (SSSR count). The van der Waals surface area contributed by atoms with Crippen LogP contribution in [-0.4, -0.2) is 44.2 Å². The lowest BCUT2D eigenvalue weighted by Crippen LogP contribution is -2.17. The van der Waals surface area contributed by atoms with E-state index in [0.717, 1.165) is 51.8 Å². The number of hydrogen-bond acceptors (Lipinski definition) is 5. The van der Waals surface area contributed by atoms with Gasteiger partial charge in [-0.3, -0.25) is 0 Å². The molecule has 0 spiro atoms. The molecule has 3 N–H and O–H groups in total.